The molecule has 2 N–H and O–H groups in total. The number of anilines is 1. The lowest BCUT2D eigenvalue weighted by Crippen LogP contribution is -2.23. The number of thioether (sulfide) groups is 1. The molecular weight excluding hydrogens is 238 g/mol. The molecule has 0 saturated carbocycles. The summed E-state index contributed by atoms with van der Waals surface area (Å²) in [5.74, 6) is 0.302. The van der Waals surface area contributed by atoms with Gasteiger partial charge in [0.05, 0.1) is 0 Å². The molecule has 0 aromatic carbocycles. The lowest BCUT2D eigenvalue weighted by molar-refractivity contribution is 0.0690. The van der Waals surface area contributed by atoms with Gasteiger partial charge in [0.1, 0.15) is 0 Å². The molecule has 1 aromatic heterocycles. The predicted molar refractivity (Wildman–Crippen MR) is 69.8 cm³/mol. The number of carboxylic acid groups (broad SMARTS) is 1. The number of carbonyl (C=O) groups is 1. The van der Waals surface area contributed by atoms with Gasteiger partial charge >= 0.3 is 5.97 Å². The van der Waals surface area contributed by atoms with Crippen molar-refractivity contribution in [1.82, 2.24) is 9.97 Å². The Hall–Kier alpha value is -1.30. The molecule has 0 fully saturated rings. The van der Waals surface area contributed by atoms with Gasteiger partial charge in [-0.1, -0.05) is 6.92 Å². The maximum Gasteiger partial charge on any atom is 0.354 e. The Kier molecular flexibility index (Phi) is 5.21. The number of aromatic carboxylic acids is 1. The average Bonchev–Trinajstić information content (AvgIpc) is 2.27. The van der Waals surface area contributed by atoms with Gasteiger partial charge in [0.25, 0.3) is 0 Å². The van der Waals surface area contributed by atoms with E-state index in [1.165, 1.54) is 6.07 Å². The Balaban J connectivity index is 2.86. The maximum atomic E-state index is 10.9. The first-order valence-corrected chi connectivity index (χ1v) is 6.80. The minimum Gasteiger partial charge on any atom is -0.477 e. The van der Waals surface area contributed by atoms with Crippen LogP contribution >= 0.6 is 11.8 Å². The van der Waals surface area contributed by atoms with E-state index in [4.69, 9.17) is 5.11 Å². The van der Waals surface area contributed by atoms with Gasteiger partial charge in [-0.05, 0) is 25.7 Å². The highest BCUT2D eigenvalue weighted by Crippen LogP contribution is 2.10. The van der Waals surface area contributed by atoms with Crippen LogP contribution in [0.5, 0.6) is 0 Å². The summed E-state index contributed by atoms with van der Waals surface area (Å²) in [5.41, 5.74) is 0.679. The van der Waals surface area contributed by atoms with Crippen molar-refractivity contribution in [2.45, 2.75) is 26.3 Å². The van der Waals surface area contributed by atoms with Crippen LogP contribution in [0, 0.1) is 6.92 Å². The number of aromatic nitrogens is 2. The van der Waals surface area contributed by atoms with Crippen LogP contribution in [0.2, 0.25) is 0 Å². The Morgan fingerprint density at radius 3 is 2.82 bits per heavy atom. The molecular formula is C11H17N3O2S. The Labute approximate surface area is 105 Å². The van der Waals surface area contributed by atoms with E-state index in [9.17, 15) is 4.79 Å². The molecule has 1 heterocycles. The van der Waals surface area contributed by atoms with Gasteiger partial charge in [-0.25, -0.2) is 14.8 Å². The summed E-state index contributed by atoms with van der Waals surface area (Å²) in [4.78, 5) is 19.0. The lowest BCUT2D eigenvalue weighted by atomic mass is 10.2. The third kappa shape index (κ3) is 4.22. The first-order valence-electron chi connectivity index (χ1n) is 5.41. The standard InChI is InChI=1S/C11H17N3O2S/c1-4-8(6-17-3)13-11-12-7(2)5-9(14-11)10(15)16/h5,8H,4,6H2,1-3H3,(H,15,16)(H,12,13,14). The quantitative estimate of drug-likeness (QED) is 0.810. The second-order valence-corrected chi connectivity index (χ2v) is 4.64. The molecule has 0 saturated heterocycles. The van der Waals surface area contributed by atoms with E-state index in [0.29, 0.717) is 11.6 Å². The number of nitrogens with one attached hydrogen (secondary N) is 1. The van der Waals surface area contributed by atoms with Crippen LogP contribution in [0.15, 0.2) is 6.07 Å². The normalized spacial score (nSPS) is 12.2. The zero-order valence-electron chi connectivity index (χ0n) is 10.2. The zero-order chi connectivity index (χ0) is 12.8. The van der Waals surface area contributed by atoms with E-state index in [1.54, 1.807) is 18.7 Å². The van der Waals surface area contributed by atoms with E-state index in [2.05, 4.69) is 22.2 Å². The van der Waals surface area contributed by atoms with Crippen LogP contribution in [0.4, 0.5) is 5.95 Å². The van der Waals surface area contributed by atoms with Crippen LogP contribution in [-0.4, -0.2) is 39.1 Å². The van der Waals surface area contributed by atoms with Gasteiger partial charge in [-0.3, -0.25) is 0 Å². The third-order valence-corrected chi connectivity index (χ3v) is 3.00. The Morgan fingerprint density at radius 2 is 2.29 bits per heavy atom. The van der Waals surface area contributed by atoms with Gasteiger partial charge in [-0.15, -0.1) is 0 Å². The molecule has 0 radical (unpaired) electrons. The summed E-state index contributed by atoms with van der Waals surface area (Å²) >= 11 is 1.73. The van der Waals surface area contributed by atoms with Crippen LogP contribution in [0.3, 0.4) is 0 Å². The lowest BCUT2D eigenvalue weighted by Gasteiger charge is -2.15. The highest BCUT2D eigenvalue weighted by molar-refractivity contribution is 7.98. The molecule has 0 amide bonds. The Morgan fingerprint density at radius 1 is 1.59 bits per heavy atom. The number of nitrogens with zero attached hydrogens (tertiary/aromatic N) is 2. The SMILES string of the molecule is CCC(CSC)Nc1nc(C)cc(C(=O)O)n1. The Bertz CT molecular complexity index is 398. The second-order valence-electron chi connectivity index (χ2n) is 3.73. The van der Waals surface area contributed by atoms with Crippen molar-refractivity contribution in [2.24, 2.45) is 0 Å². The summed E-state index contributed by atoms with van der Waals surface area (Å²) in [6, 6.07) is 1.72. The molecule has 0 bridgehead atoms. The molecule has 1 atom stereocenters. The third-order valence-electron chi connectivity index (χ3n) is 2.27. The fourth-order valence-corrected chi connectivity index (χ4v) is 2.11. The number of carboxylic acids is 1. The van der Waals surface area contributed by atoms with E-state index in [-0.39, 0.29) is 11.7 Å². The van der Waals surface area contributed by atoms with Crippen LogP contribution in [0.25, 0.3) is 0 Å². The van der Waals surface area contributed by atoms with Gasteiger partial charge in [-0.2, -0.15) is 11.8 Å². The number of hydrogen-bond donors (Lipinski definition) is 2. The first kappa shape index (κ1) is 13.8. The van der Waals surface area contributed by atoms with E-state index >= 15 is 0 Å². The zero-order valence-corrected chi connectivity index (χ0v) is 11.0. The molecule has 1 aromatic rings. The van der Waals surface area contributed by atoms with Crippen molar-refractivity contribution in [1.29, 1.82) is 0 Å². The van der Waals surface area contributed by atoms with Crippen molar-refractivity contribution in [3.05, 3.63) is 17.5 Å². The van der Waals surface area contributed by atoms with Crippen molar-refractivity contribution < 1.29 is 9.90 Å². The van der Waals surface area contributed by atoms with E-state index < -0.39 is 5.97 Å². The summed E-state index contributed by atoms with van der Waals surface area (Å²) in [5, 5.41) is 12.1. The monoisotopic (exact) mass is 255 g/mol. The molecule has 0 aliphatic carbocycles. The highest BCUT2D eigenvalue weighted by Gasteiger charge is 2.11. The van der Waals surface area contributed by atoms with Gasteiger partial charge in [0.15, 0.2) is 5.69 Å². The molecule has 0 spiro atoms. The molecule has 1 unspecified atom stereocenters. The molecule has 5 nitrogen and oxygen atoms in total. The number of rotatable bonds is 6. The van der Waals surface area contributed by atoms with Crippen LogP contribution in [-0.2, 0) is 0 Å². The minimum absolute atomic E-state index is 0.0269. The van der Waals surface area contributed by atoms with Crippen molar-refractivity contribution in [2.75, 3.05) is 17.3 Å². The van der Waals surface area contributed by atoms with Crippen molar-refractivity contribution in [3.63, 3.8) is 0 Å². The fourth-order valence-electron chi connectivity index (χ4n) is 1.39. The predicted octanol–water partition coefficient (Wildman–Crippen LogP) is 2.04. The van der Waals surface area contributed by atoms with Crippen molar-refractivity contribution in [3.8, 4) is 0 Å². The molecule has 1 rings (SSSR count). The second kappa shape index (κ2) is 6.44. The molecule has 6 heteroatoms. The van der Waals surface area contributed by atoms with Crippen molar-refractivity contribution >= 4 is 23.7 Å². The van der Waals surface area contributed by atoms with E-state index in [0.717, 1.165) is 12.2 Å². The van der Waals surface area contributed by atoms with Gasteiger partial charge < -0.3 is 10.4 Å². The van der Waals surface area contributed by atoms with E-state index in [1.807, 2.05) is 6.26 Å². The smallest absolute Gasteiger partial charge is 0.354 e. The fraction of sp³-hybridized carbons (Fsp3) is 0.545. The first-order chi connectivity index (χ1) is 8.06. The molecule has 94 valence electrons. The summed E-state index contributed by atoms with van der Waals surface area (Å²) in [6.45, 7) is 3.83. The van der Waals surface area contributed by atoms with Crippen LogP contribution < -0.4 is 5.32 Å². The molecule has 0 aliphatic heterocycles. The summed E-state index contributed by atoms with van der Waals surface area (Å²) in [6.07, 6.45) is 2.98. The largest absolute Gasteiger partial charge is 0.477 e. The molecule has 0 aliphatic rings. The van der Waals surface area contributed by atoms with Gasteiger partial charge in [0.2, 0.25) is 5.95 Å². The average molecular weight is 255 g/mol. The minimum atomic E-state index is -1.03. The summed E-state index contributed by atoms with van der Waals surface area (Å²) < 4.78 is 0. The van der Waals surface area contributed by atoms with Gasteiger partial charge in [0, 0.05) is 17.5 Å². The maximum absolute atomic E-state index is 10.9. The number of aryl methyl sites for hydroxylation is 1. The number of hydrogen-bond acceptors (Lipinski definition) is 5. The molecule has 17 heavy (non-hydrogen) atoms. The topological polar surface area (TPSA) is 75.1 Å². The summed E-state index contributed by atoms with van der Waals surface area (Å²) in [7, 11) is 0. The van der Waals surface area contributed by atoms with Crippen LogP contribution in [0.1, 0.15) is 29.5 Å². The highest BCUT2D eigenvalue weighted by atomic mass is 32.2.